The lowest BCUT2D eigenvalue weighted by Gasteiger charge is -2.20. The number of phosphoric ester groups is 2. The first-order valence-corrected chi connectivity index (χ1v) is 23.8. The molecule has 14 nitrogen and oxygen atoms in total. The lowest BCUT2D eigenvalue weighted by molar-refractivity contribution is -0.161. The fraction of sp³-hybridized carbons (Fsp3) is 0.667. The molecule has 4 atom stereocenters. The number of allylic oxidation sites excluding steroid dienone is 11. The van der Waals surface area contributed by atoms with E-state index in [9.17, 15) is 33.8 Å². The van der Waals surface area contributed by atoms with Crippen LogP contribution in [0, 0.1) is 0 Å². The third-order valence-electron chi connectivity index (χ3n) is 8.17. The first-order valence-electron chi connectivity index (χ1n) is 20.7. The molecule has 0 rings (SSSR count). The number of aliphatic hydroxyl groups excluding tert-OH is 2. The van der Waals surface area contributed by atoms with E-state index < -0.39 is 72.3 Å². The second kappa shape index (κ2) is 37.5. The molecule has 0 fully saturated rings. The number of hydrogen-bond acceptors (Lipinski definition) is 11. The molecule has 0 aliphatic carbocycles. The van der Waals surface area contributed by atoms with Crippen molar-refractivity contribution in [2.75, 3.05) is 26.4 Å². The number of carbonyl (C=O) groups excluding carboxylic acids is 2. The lowest BCUT2D eigenvalue weighted by Crippen LogP contribution is -2.30. The second-order valence-electron chi connectivity index (χ2n) is 13.7. The molecule has 2 unspecified atom stereocenters. The maximum absolute atomic E-state index is 12.6. The highest BCUT2D eigenvalue weighted by Crippen LogP contribution is 2.43. The van der Waals surface area contributed by atoms with Gasteiger partial charge in [-0.25, -0.2) is 9.13 Å². The average Bonchev–Trinajstić information content (AvgIpc) is 3.17. The Morgan fingerprint density at radius 1 is 0.586 bits per heavy atom. The van der Waals surface area contributed by atoms with Crippen LogP contribution in [-0.2, 0) is 41.8 Å². The number of phosphoric acid groups is 2. The first kappa shape index (κ1) is 55.5. The van der Waals surface area contributed by atoms with Crippen molar-refractivity contribution in [1.82, 2.24) is 0 Å². The van der Waals surface area contributed by atoms with Crippen molar-refractivity contribution in [3.8, 4) is 0 Å². The number of esters is 2. The molecule has 16 heteroatoms. The Bertz CT molecular complexity index is 1320. The Kier molecular flexibility index (Phi) is 35.9. The molecule has 0 saturated carbocycles. The Morgan fingerprint density at radius 3 is 1.78 bits per heavy atom. The molecule has 334 valence electrons. The van der Waals surface area contributed by atoms with Crippen LogP contribution >= 0.6 is 15.6 Å². The van der Waals surface area contributed by atoms with E-state index in [4.69, 9.17) is 23.8 Å². The summed E-state index contributed by atoms with van der Waals surface area (Å²) in [5.41, 5.74) is 0. The van der Waals surface area contributed by atoms with Crippen molar-refractivity contribution in [2.24, 2.45) is 0 Å². The van der Waals surface area contributed by atoms with Crippen LogP contribution in [0.2, 0.25) is 0 Å². The van der Waals surface area contributed by atoms with E-state index in [0.717, 1.165) is 64.2 Å². The highest BCUT2D eigenvalue weighted by Gasteiger charge is 2.28. The van der Waals surface area contributed by atoms with E-state index in [0.29, 0.717) is 19.3 Å². The molecule has 0 aromatic rings. The summed E-state index contributed by atoms with van der Waals surface area (Å²) in [6.45, 7) is 1.38. The summed E-state index contributed by atoms with van der Waals surface area (Å²) in [6, 6.07) is 0. The van der Waals surface area contributed by atoms with Gasteiger partial charge in [-0.3, -0.25) is 23.2 Å². The van der Waals surface area contributed by atoms with Gasteiger partial charge in [0, 0.05) is 12.8 Å². The topological polar surface area (TPSA) is 216 Å². The van der Waals surface area contributed by atoms with Gasteiger partial charge in [-0.1, -0.05) is 125 Å². The number of hydrogen-bond donors (Lipinski definition) is 5. The normalized spacial score (nSPS) is 15.4. The monoisotopic (exact) mass is 862 g/mol. The lowest BCUT2D eigenvalue weighted by atomic mass is 10.1. The zero-order chi connectivity index (χ0) is 43.2. The number of rotatable bonds is 38. The van der Waals surface area contributed by atoms with Crippen LogP contribution in [0.15, 0.2) is 72.9 Å². The highest BCUT2D eigenvalue weighted by molar-refractivity contribution is 7.47. The van der Waals surface area contributed by atoms with Crippen LogP contribution in [-0.4, -0.2) is 81.6 Å². The molecule has 0 saturated heterocycles. The summed E-state index contributed by atoms with van der Waals surface area (Å²) in [5, 5.41) is 20.0. The molecule has 0 amide bonds. The molecule has 0 aliphatic heterocycles. The summed E-state index contributed by atoms with van der Waals surface area (Å²) in [7, 11) is -9.74. The molecule has 0 spiro atoms. The summed E-state index contributed by atoms with van der Waals surface area (Å²) in [4.78, 5) is 52.6. The minimum atomic E-state index is -4.88. The molecular formula is C42H72O14P2. The fourth-order valence-corrected chi connectivity index (χ4v) is 6.17. The molecule has 58 heavy (non-hydrogen) atoms. The van der Waals surface area contributed by atoms with Gasteiger partial charge < -0.3 is 34.4 Å². The summed E-state index contributed by atoms with van der Waals surface area (Å²) >= 11 is 0. The maximum Gasteiger partial charge on any atom is 0.472 e. The van der Waals surface area contributed by atoms with Crippen molar-refractivity contribution < 1.29 is 66.7 Å². The number of aliphatic hydroxyl groups is 2. The van der Waals surface area contributed by atoms with Crippen LogP contribution in [0.4, 0.5) is 0 Å². The van der Waals surface area contributed by atoms with Crippen LogP contribution in [0.25, 0.3) is 0 Å². The van der Waals surface area contributed by atoms with Gasteiger partial charge in [-0.05, 0) is 70.6 Å². The third kappa shape index (κ3) is 40.3. The first-order chi connectivity index (χ1) is 27.8. The molecular weight excluding hydrogens is 790 g/mol. The number of unbranched alkanes of at least 4 members (excludes halogenated alkanes) is 9. The standard InChI is InChI=1S/C42H72O14P2/c1-3-5-7-9-11-13-15-17-19-21-23-25-27-30-38(43)31-29-33-41(45)52-36-40(37-55-58(50,51)54-35-39(44)34-53-57(47,48)49)56-42(46)32-28-26-24-22-20-18-16-14-12-10-8-6-4-2/h5,7,11,13-14,16-17,19,23,25,27,30,38-40,43-44H,3-4,6,8-10,12,15,18,20-22,24,26,28-29,31-37H2,1-2H3,(H,50,51)(H2,47,48,49)/b7-5-,13-11-,16-14-,19-17-,25-23-,30-27+/t38?,39-,40+/m0/s1. The smallest absolute Gasteiger partial charge is 0.462 e. The second-order valence-corrected chi connectivity index (χ2v) is 16.4. The van der Waals surface area contributed by atoms with Crippen molar-refractivity contribution in [1.29, 1.82) is 0 Å². The Balaban J connectivity index is 4.76. The van der Waals surface area contributed by atoms with Crippen LogP contribution in [0.5, 0.6) is 0 Å². The molecule has 0 aromatic heterocycles. The quantitative estimate of drug-likeness (QED) is 0.0129. The van der Waals surface area contributed by atoms with Gasteiger partial charge in [0.05, 0.1) is 25.9 Å². The van der Waals surface area contributed by atoms with Crippen molar-refractivity contribution in [3.05, 3.63) is 72.9 Å². The zero-order valence-corrected chi connectivity index (χ0v) is 36.5. The maximum atomic E-state index is 12.6. The molecule has 5 N–H and O–H groups in total. The van der Waals surface area contributed by atoms with E-state index in [2.05, 4.69) is 71.5 Å². The van der Waals surface area contributed by atoms with Gasteiger partial charge >= 0.3 is 27.6 Å². The summed E-state index contributed by atoms with van der Waals surface area (Å²) in [6.07, 6.45) is 36.5. The van der Waals surface area contributed by atoms with Crippen LogP contribution < -0.4 is 0 Å². The molecule has 0 radical (unpaired) electrons. The van der Waals surface area contributed by atoms with E-state index in [1.807, 2.05) is 12.2 Å². The van der Waals surface area contributed by atoms with Gasteiger partial charge in [0.1, 0.15) is 12.7 Å². The van der Waals surface area contributed by atoms with Gasteiger partial charge in [0.2, 0.25) is 0 Å². The Labute approximate surface area is 347 Å². The van der Waals surface area contributed by atoms with Crippen molar-refractivity contribution >= 4 is 27.6 Å². The number of ether oxygens (including phenoxy) is 2. The predicted molar refractivity (Wildman–Crippen MR) is 226 cm³/mol. The SMILES string of the molecule is CC/C=C\C/C=C\C/C=C\C/C=C\C=C\C(O)CCCC(=O)OC[C@H](COP(=O)(O)OC[C@@H](O)COP(=O)(O)O)OC(=O)CCCCCCC/C=C\CCCCCC. The van der Waals surface area contributed by atoms with E-state index in [1.54, 1.807) is 12.2 Å². The molecule has 0 aliphatic rings. The summed E-state index contributed by atoms with van der Waals surface area (Å²) < 4.78 is 47.5. The molecule has 0 heterocycles. The molecule has 0 bridgehead atoms. The minimum absolute atomic E-state index is 0.0404. The summed E-state index contributed by atoms with van der Waals surface area (Å²) in [5.74, 6) is -1.25. The van der Waals surface area contributed by atoms with Crippen molar-refractivity contribution in [2.45, 2.75) is 154 Å². The number of carbonyl (C=O) groups is 2. The van der Waals surface area contributed by atoms with Gasteiger partial charge in [0.15, 0.2) is 6.10 Å². The van der Waals surface area contributed by atoms with Gasteiger partial charge in [-0.2, -0.15) is 0 Å². The van der Waals surface area contributed by atoms with Crippen molar-refractivity contribution in [3.63, 3.8) is 0 Å². The molecule has 0 aromatic carbocycles. The fourth-order valence-electron chi connectivity index (χ4n) is 5.02. The van der Waals surface area contributed by atoms with Crippen LogP contribution in [0.1, 0.15) is 136 Å². The highest BCUT2D eigenvalue weighted by atomic mass is 31.2. The predicted octanol–water partition coefficient (Wildman–Crippen LogP) is 9.20. The Morgan fingerprint density at radius 2 is 1.14 bits per heavy atom. The Hall–Kier alpha value is -2.48. The van der Waals surface area contributed by atoms with Gasteiger partial charge in [-0.15, -0.1) is 0 Å². The minimum Gasteiger partial charge on any atom is -0.462 e. The van der Waals surface area contributed by atoms with E-state index in [1.165, 1.54) is 25.7 Å². The van der Waals surface area contributed by atoms with E-state index in [-0.39, 0.29) is 12.8 Å². The zero-order valence-electron chi connectivity index (χ0n) is 34.7. The van der Waals surface area contributed by atoms with E-state index >= 15 is 0 Å². The van der Waals surface area contributed by atoms with Gasteiger partial charge in [0.25, 0.3) is 0 Å². The van der Waals surface area contributed by atoms with Crippen LogP contribution in [0.3, 0.4) is 0 Å². The third-order valence-corrected chi connectivity index (χ3v) is 9.61. The largest absolute Gasteiger partial charge is 0.472 e. The average molecular weight is 863 g/mol.